The zero-order valence-corrected chi connectivity index (χ0v) is 23.1. The largest absolute Gasteiger partial charge is 0.371 e. The lowest BCUT2D eigenvalue weighted by molar-refractivity contribution is -0.138. The van der Waals surface area contributed by atoms with Crippen molar-refractivity contribution >= 4 is 35.0 Å². The molecule has 8 nitrogen and oxygen atoms in total. The minimum Gasteiger partial charge on any atom is -0.371 e. The number of hydrogen-bond donors (Lipinski definition) is 0. The monoisotopic (exact) mass is 557 g/mol. The number of anilines is 1. The van der Waals surface area contributed by atoms with Crippen LogP contribution in [0.2, 0.25) is 5.02 Å². The van der Waals surface area contributed by atoms with Crippen molar-refractivity contribution in [1.29, 1.82) is 0 Å². The van der Waals surface area contributed by atoms with Crippen molar-refractivity contribution in [2.24, 2.45) is 5.92 Å². The Kier molecular flexibility index (Phi) is 7.54. The highest BCUT2D eigenvalue weighted by Crippen LogP contribution is 2.35. The molecule has 9 heteroatoms. The zero-order chi connectivity index (χ0) is 27.6. The molecule has 3 amide bonds. The number of aromatic nitrogens is 1. The van der Waals surface area contributed by atoms with Crippen molar-refractivity contribution in [3.05, 3.63) is 94.3 Å². The van der Waals surface area contributed by atoms with Crippen LogP contribution in [0, 0.1) is 5.92 Å². The smallest absolute Gasteiger partial charge is 0.263 e. The van der Waals surface area contributed by atoms with Crippen LogP contribution in [-0.4, -0.2) is 76.7 Å². The summed E-state index contributed by atoms with van der Waals surface area (Å²) in [5, 5.41) is 0.568. The number of piperidine rings is 1. The summed E-state index contributed by atoms with van der Waals surface area (Å²) in [6.45, 7) is 5.48. The fourth-order valence-corrected chi connectivity index (χ4v) is 6.23. The average Bonchev–Trinajstić information content (AvgIpc) is 3.23. The van der Waals surface area contributed by atoms with Crippen molar-refractivity contribution < 1.29 is 14.4 Å². The molecule has 0 bridgehead atoms. The van der Waals surface area contributed by atoms with E-state index in [0.717, 1.165) is 62.5 Å². The molecule has 40 heavy (non-hydrogen) atoms. The number of nitrogens with zero attached hydrogens (tertiary/aromatic N) is 5. The van der Waals surface area contributed by atoms with Crippen LogP contribution >= 0.6 is 11.6 Å². The first kappa shape index (κ1) is 26.5. The predicted molar refractivity (Wildman–Crippen MR) is 153 cm³/mol. The van der Waals surface area contributed by atoms with Crippen LogP contribution in [0.15, 0.2) is 66.9 Å². The predicted octanol–water partition coefficient (Wildman–Crippen LogP) is 4.09. The number of hydrogen-bond acceptors (Lipinski definition) is 6. The Morgan fingerprint density at radius 3 is 2.35 bits per heavy atom. The Hall–Kier alpha value is -3.75. The Labute approximate surface area is 239 Å². The lowest BCUT2D eigenvalue weighted by Crippen LogP contribution is -2.51. The molecule has 206 valence electrons. The third kappa shape index (κ3) is 5.33. The fourth-order valence-electron chi connectivity index (χ4n) is 6.01. The molecule has 0 atom stereocenters. The first-order valence-electron chi connectivity index (χ1n) is 13.9. The Morgan fingerprint density at radius 2 is 1.62 bits per heavy atom. The average molecular weight is 558 g/mol. The Balaban J connectivity index is 1.06. The molecule has 0 unspecified atom stereocenters. The van der Waals surface area contributed by atoms with E-state index in [2.05, 4.69) is 14.8 Å². The molecule has 3 aliphatic heterocycles. The summed E-state index contributed by atoms with van der Waals surface area (Å²) in [5.74, 6) is -0.354. The summed E-state index contributed by atoms with van der Waals surface area (Å²) in [4.78, 5) is 52.2. The van der Waals surface area contributed by atoms with Gasteiger partial charge in [-0.1, -0.05) is 35.9 Å². The van der Waals surface area contributed by atoms with E-state index in [9.17, 15) is 14.4 Å². The van der Waals surface area contributed by atoms with Gasteiger partial charge in [-0.3, -0.25) is 29.2 Å². The van der Waals surface area contributed by atoms with Crippen LogP contribution in [0.25, 0.3) is 0 Å². The minimum atomic E-state index is -0.283. The summed E-state index contributed by atoms with van der Waals surface area (Å²) >= 11 is 6.11. The second-order valence-electron chi connectivity index (χ2n) is 10.7. The van der Waals surface area contributed by atoms with Gasteiger partial charge in [-0.25, -0.2) is 0 Å². The maximum Gasteiger partial charge on any atom is 0.263 e. The lowest BCUT2D eigenvalue weighted by atomic mass is 9.93. The molecule has 2 saturated heterocycles. The molecule has 3 aromatic rings. The molecule has 3 aliphatic rings. The van der Waals surface area contributed by atoms with Gasteiger partial charge in [0.15, 0.2) is 0 Å². The first-order valence-corrected chi connectivity index (χ1v) is 14.3. The van der Waals surface area contributed by atoms with Crippen molar-refractivity contribution in [3.63, 3.8) is 0 Å². The molecule has 2 fully saturated rings. The number of amides is 3. The molecule has 1 aromatic heterocycles. The summed E-state index contributed by atoms with van der Waals surface area (Å²) < 4.78 is 0. The normalized spacial score (nSPS) is 18.4. The Bertz CT molecular complexity index is 1420. The van der Waals surface area contributed by atoms with Gasteiger partial charge < -0.3 is 9.80 Å². The maximum absolute atomic E-state index is 13.5. The van der Waals surface area contributed by atoms with E-state index >= 15 is 0 Å². The number of benzene rings is 2. The third-order valence-electron chi connectivity index (χ3n) is 8.19. The maximum atomic E-state index is 13.5. The highest BCUT2D eigenvalue weighted by atomic mass is 35.5. The minimum absolute atomic E-state index is 0.0213. The number of imide groups is 1. The quantitative estimate of drug-likeness (QED) is 0.425. The van der Waals surface area contributed by atoms with E-state index in [-0.39, 0.29) is 30.2 Å². The Morgan fingerprint density at radius 1 is 0.850 bits per heavy atom. The molecule has 2 aromatic carbocycles. The zero-order valence-electron chi connectivity index (χ0n) is 22.3. The number of carbonyl (C=O) groups excluding carboxylic acids is 3. The van der Waals surface area contributed by atoms with Gasteiger partial charge in [-0.05, 0) is 54.8 Å². The molecule has 0 N–H and O–H groups in total. The molecule has 0 saturated carbocycles. The second kappa shape index (κ2) is 11.4. The number of piperazine rings is 1. The van der Waals surface area contributed by atoms with Crippen LogP contribution in [0.4, 0.5) is 5.69 Å². The van der Waals surface area contributed by atoms with Crippen LogP contribution < -0.4 is 4.90 Å². The highest BCUT2D eigenvalue weighted by molar-refractivity contribution is 6.30. The highest BCUT2D eigenvalue weighted by Gasteiger charge is 2.39. The summed E-state index contributed by atoms with van der Waals surface area (Å²) in [6, 6.07) is 18.6. The lowest BCUT2D eigenvalue weighted by Gasteiger charge is -2.39. The summed E-state index contributed by atoms with van der Waals surface area (Å²) in [5.41, 5.74) is 3.53. The van der Waals surface area contributed by atoms with Gasteiger partial charge >= 0.3 is 0 Å². The van der Waals surface area contributed by atoms with Crippen LogP contribution in [-0.2, 0) is 17.9 Å². The van der Waals surface area contributed by atoms with Crippen LogP contribution in [0.1, 0.15) is 44.8 Å². The number of pyridine rings is 1. The molecule has 0 aliphatic carbocycles. The standard InChI is InChI=1S/C31H32ClN5O3/c32-24-6-3-5-22(19-24)20-37-30(39)26-8-4-9-27(28(26)31(37)40)35-13-10-23(11-14-35)29(38)36-17-15-34(16-18-36)21-25-7-1-2-12-33-25/h1-9,12,19,23H,10-11,13-18,20-21H2. The van der Waals surface area contributed by atoms with Gasteiger partial charge in [-0.2, -0.15) is 0 Å². The molecule has 0 spiro atoms. The van der Waals surface area contributed by atoms with Gasteiger partial charge in [0.25, 0.3) is 11.8 Å². The molecule has 6 rings (SSSR count). The van der Waals surface area contributed by atoms with E-state index < -0.39 is 0 Å². The fraction of sp³-hybridized carbons (Fsp3) is 0.355. The van der Waals surface area contributed by atoms with Crippen molar-refractivity contribution in [2.45, 2.75) is 25.9 Å². The van der Waals surface area contributed by atoms with Gasteiger partial charge in [0.05, 0.1) is 29.1 Å². The number of carbonyl (C=O) groups is 3. The van der Waals surface area contributed by atoms with Gasteiger partial charge in [0.2, 0.25) is 5.91 Å². The molecular formula is C31H32ClN5O3. The second-order valence-corrected chi connectivity index (χ2v) is 11.1. The first-order chi connectivity index (χ1) is 19.5. The van der Waals surface area contributed by atoms with E-state index in [4.69, 9.17) is 11.6 Å². The molecule has 4 heterocycles. The number of halogens is 1. The van der Waals surface area contributed by atoms with Gasteiger partial charge in [0.1, 0.15) is 0 Å². The SMILES string of the molecule is O=C(C1CCN(c2cccc3c2C(=O)N(Cc2cccc(Cl)c2)C3=O)CC1)N1CCN(Cc2ccccn2)CC1. The van der Waals surface area contributed by atoms with Crippen molar-refractivity contribution in [2.75, 3.05) is 44.2 Å². The van der Waals surface area contributed by atoms with Crippen LogP contribution in [0.5, 0.6) is 0 Å². The van der Waals surface area contributed by atoms with E-state index in [0.29, 0.717) is 29.2 Å². The number of rotatable bonds is 6. The van der Waals surface area contributed by atoms with E-state index in [1.165, 1.54) is 4.90 Å². The molecular weight excluding hydrogens is 526 g/mol. The van der Waals surface area contributed by atoms with E-state index in [1.54, 1.807) is 18.2 Å². The summed E-state index contributed by atoms with van der Waals surface area (Å²) in [7, 11) is 0. The van der Waals surface area contributed by atoms with Gasteiger partial charge in [-0.15, -0.1) is 0 Å². The van der Waals surface area contributed by atoms with Crippen molar-refractivity contribution in [1.82, 2.24) is 19.7 Å². The third-order valence-corrected chi connectivity index (χ3v) is 8.42. The van der Waals surface area contributed by atoms with Crippen LogP contribution in [0.3, 0.4) is 0 Å². The topological polar surface area (TPSA) is 77.1 Å². The van der Waals surface area contributed by atoms with Gasteiger partial charge in [0, 0.05) is 63.0 Å². The number of fused-ring (bicyclic) bond motifs is 1. The van der Waals surface area contributed by atoms with E-state index in [1.807, 2.05) is 53.6 Å². The molecule has 0 radical (unpaired) electrons. The van der Waals surface area contributed by atoms with Crippen molar-refractivity contribution in [3.8, 4) is 0 Å². The summed E-state index contributed by atoms with van der Waals surface area (Å²) in [6.07, 6.45) is 3.27.